The third-order valence-corrected chi connectivity index (χ3v) is 6.96. The van der Waals surface area contributed by atoms with Gasteiger partial charge < -0.3 is 14.2 Å². The number of carbonyl (C=O) groups excluding carboxylic acids is 3. The summed E-state index contributed by atoms with van der Waals surface area (Å²) in [5.74, 6) is -1.23. The van der Waals surface area contributed by atoms with Crippen LogP contribution in [0.4, 0.5) is 10.1 Å². The summed E-state index contributed by atoms with van der Waals surface area (Å²) >= 11 is 2.31. The Kier molecular flexibility index (Phi) is 6.71. The highest BCUT2D eigenvalue weighted by molar-refractivity contribution is 8.00. The Bertz CT molecular complexity index is 1270. The highest BCUT2D eigenvalue weighted by Gasteiger charge is 2.24. The van der Waals surface area contributed by atoms with Crippen LogP contribution < -0.4 is 9.70 Å². The third-order valence-electron chi connectivity index (χ3n) is 5.02. The molecular weight excluding hydrogens is 453 g/mol. The summed E-state index contributed by atoms with van der Waals surface area (Å²) in [7, 11) is 1.27. The number of ether oxygens (including phenoxy) is 1. The van der Waals surface area contributed by atoms with E-state index in [1.165, 1.54) is 41.6 Å². The van der Waals surface area contributed by atoms with Gasteiger partial charge in [0.05, 0.1) is 28.8 Å². The number of halogens is 1. The first-order valence-corrected chi connectivity index (χ1v) is 11.8. The minimum Gasteiger partial charge on any atom is -0.468 e. The zero-order valence-electron chi connectivity index (χ0n) is 17.2. The van der Waals surface area contributed by atoms with E-state index in [0.717, 1.165) is 29.0 Å². The molecule has 2 aromatic carbocycles. The number of anilines is 1. The molecule has 2 amide bonds. The van der Waals surface area contributed by atoms with Crippen molar-refractivity contribution in [3.63, 3.8) is 0 Å². The van der Waals surface area contributed by atoms with Crippen molar-refractivity contribution in [2.75, 3.05) is 30.1 Å². The zero-order chi connectivity index (χ0) is 22.7. The van der Waals surface area contributed by atoms with Crippen LogP contribution in [0.1, 0.15) is 5.56 Å². The second kappa shape index (κ2) is 9.66. The molecule has 0 spiro atoms. The number of thioether (sulfide) groups is 1. The summed E-state index contributed by atoms with van der Waals surface area (Å²) in [5, 5.41) is 0. The number of hydrogen-bond acceptors (Lipinski definition) is 6. The smallest absolute Gasteiger partial charge is 0.325 e. The van der Waals surface area contributed by atoms with Crippen LogP contribution in [0.15, 0.2) is 47.5 Å². The van der Waals surface area contributed by atoms with E-state index >= 15 is 0 Å². The minimum atomic E-state index is -0.506. The minimum absolute atomic E-state index is 0.0159. The SMILES string of the molecule is COC(=O)Cn1c(=NC(=O)CSCC(=O)N2CCc3ccccc32)sc2cc(F)ccc21. The Labute approximate surface area is 191 Å². The molecule has 7 nitrogen and oxygen atoms in total. The first-order chi connectivity index (χ1) is 15.5. The van der Waals surface area contributed by atoms with Gasteiger partial charge in [0.25, 0.3) is 5.91 Å². The molecule has 1 aromatic heterocycles. The van der Waals surface area contributed by atoms with Gasteiger partial charge in [0, 0.05) is 12.2 Å². The van der Waals surface area contributed by atoms with E-state index in [2.05, 4.69) is 4.99 Å². The summed E-state index contributed by atoms with van der Waals surface area (Å²) in [5.41, 5.74) is 2.66. The molecule has 0 saturated heterocycles. The second-order valence-electron chi connectivity index (χ2n) is 7.08. The van der Waals surface area contributed by atoms with Crippen LogP contribution in [0.3, 0.4) is 0 Å². The predicted octanol–water partition coefficient (Wildman–Crippen LogP) is 2.76. The van der Waals surface area contributed by atoms with Gasteiger partial charge in [0.15, 0.2) is 4.80 Å². The van der Waals surface area contributed by atoms with Gasteiger partial charge in [-0.05, 0) is 36.2 Å². The third kappa shape index (κ3) is 4.76. The lowest BCUT2D eigenvalue weighted by Gasteiger charge is -2.16. The fourth-order valence-corrected chi connectivity index (χ4v) is 5.26. The van der Waals surface area contributed by atoms with E-state index in [0.29, 0.717) is 16.8 Å². The average Bonchev–Trinajstić information content (AvgIpc) is 3.35. The molecule has 32 heavy (non-hydrogen) atoms. The summed E-state index contributed by atoms with van der Waals surface area (Å²) in [4.78, 5) is 43.0. The molecule has 0 bridgehead atoms. The van der Waals surface area contributed by atoms with E-state index < -0.39 is 17.7 Å². The Morgan fingerprint density at radius 1 is 1.19 bits per heavy atom. The lowest BCUT2D eigenvalue weighted by atomic mass is 10.2. The standard InChI is InChI=1S/C22H20FN3O4S2/c1-30-21(29)11-26-17-7-6-15(23)10-18(17)32-22(26)24-19(27)12-31-13-20(28)25-9-8-14-4-2-3-5-16(14)25/h2-7,10H,8-9,11-13H2,1H3. The summed E-state index contributed by atoms with van der Waals surface area (Å²) in [6.07, 6.45) is 0.827. The number of nitrogens with zero attached hydrogens (tertiary/aromatic N) is 3. The number of benzene rings is 2. The maximum atomic E-state index is 13.6. The monoisotopic (exact) mass is 473 g/mol. The molecule has 4 rings (SSSR count). The normalized spacial score (nSPS) is 13.4. The maximum absolute atomic E-state index is 13.6. The molecule has 1 aliphatic rings. The van der Waals surface area contributed by atoms with Crippen LogP contribution in [0.2, 0.25) is 0 Å². The molecule has 0 fully saturated rings. The van der Waals surface area contributed by atoms with Crippen LogP contribution in [-0.4, -0.2) is 47.5 Å². The number of amides is 2. The molecule has 0 atom stereocenters. The van der Waals surface area contributed by atoms with Gasteiger partial charge in [-0.2, -0.15) is 4.99 Å². The van der Waals surface area contributed by atoms with Gasteiger partial charge in [-0.1, -0.05) is 29.5 Å². The zero-order valence-corrected chi connectivity index (χ0v) is 18.9. The van der Waals surface area contributed by atoms with Gasteiger partial charge in [-0.25, -0.2) is 4.39 Å². The average molecular weight is 474 g/mol. The van der Waals surface area contributed by atoms with Crippen LogP contribution in [0.25, 0.3) is 10.2 Å². The number of hydrogen-bond donors (Lipinski definition) is 0. The molecule has 1 aliphatic heterocycles. The lowest BCUT2D eigenvalue weighted by Crippen LogP contribution is -2.30. The highest BCUT2D eigenvalue weighted by Crippen LogP contribution is 2.28. The highest BCUT2D eigenvalue weighted by atomic mass is 32.2. The number of thiazole rings is 1. The van der Waals surface area contributed by atoms with Crippen molar-refractivity contribution in [2.45, 2.75) is 13.0 Å². The quantitative estimate of drug-likeness (QED) is 0.515. The fourth-order valence-electron chi connectivity index (χ4n) is 3.52. The number of aromatic nitrogens is 1. The molecule has 0 radical (unpaired) electrons. The van der Waals surface area contributed by atoms with Crippen molar-refractivity contribution in [3.8, 4) is 0 Å². The second-order valence-corrected chi connectivity index (χ2v) is 9.08. The van der Waals surface area contributed by atoms with Crippen molar-refractivity contribution in [1.82, 2.24) is 4.57 Å². The first kappa shape index (κ1) is 22.2. The van der Waals surface area contributed by atoms with Gasteiger partial charge in [-0.15, -0.1) is 11.8 Å². The van der Waals surface area contributed by atoms with Crippen molar-refractivity contribution < 1.29 is 23.5 Å². The number of methoxy groups -OCH3 is 1. The largest absolute Gasteiger partial charge is 0.468 e. The molecule has 0 N–H and O–H groups in total. The Balaban J connectivity index is 1.45. The molecule has 0 saturated carbocycles. The van der Waals surface area contributed by atoms with Gasteiger partial charge >= 0.3 is 5.97 Å². The molecule has 0 unspecified atom stereocenters. The number of fused-ring (bicyclic) bond motifs is 2. The lowest BCUT2D eigenvalue weighted by molar-refractivity contribution is -0.141. The van der Waals surface area contributed by atoms with Crippen LogP contribution in [-0.2, 0) is 32.1 Å². The number of rotatable bonds is 6. The van der Waals surface area contributed by atoms with Gasteiger partial charge in [0.1, 0.15) is 12.4 Å². The number of esters is 1. The fraction of sp³-hybridized carbons (Fsp3) is 0.273. The van der Waals surface area contributed by atoms with Crippen molar-refractivity contribution >= 4 is 56.8 Å². The Morgan fingerprint density at radius 3 is 2.81 bits per heavy atom. The molecule has 2 heterocycles. The van der Waals surface area contributed by atoms with Crippen molar-refractivity contribution in [2.24, 2.45) is 4.99 Å². The molecular formula is C22H20FN3O4S2. The first-order valence-electron chi connectivity index (χ1n) is 9.85. The van der Waals surface area contributed by atoms with Gasteiger partial charge in [-0.3, -0.25) is 14.4 Å². The van der Waals surface area contributed by atoms with E-state index in [4.69, 9.17) is 4.74 Å². The molecule has 3 aromatic rings. The van der Waals surface area contributed by atoms with Crippen LogP contribution in [0, 0.1) is 5.82 Å². The summed E-state index contributed by atoms with van der Waals surface area (Å²) in [6, 6.07) is 11.9. The van der Waals surface area contributed by atoms with Crippen molar-refractivity contribution in [3.05, 3.63) is 58.6 Å². The Morgan fingerprint density at radius 2 is 2.00 bits per heavy atom. The van der Waals surface area contributed by atoms with E-state index in [9.17, 15) is 18.8 Å². The van der Waals surface area contributed by atoms with E-state index in [1.54, 1.807) is 4.90 Å². The van der Waals surface area contributed by atoms with E-state index in [1.807, 2.05) is 24.3 Å². The predicted molar refractivity (Wildman–Crippen MR) is 122 cm³/mol. The van der Waals surface area contributed by atoms with Crippen molar-refractivity contribution in [1.29, 1.82) is 0 Å². The molecule has 10 heteroatoms. The topological polar surface area (TPSA) is 81.0 Å². The number of carbonyl (C=O) groups is 3. The van der Waals surface area contributed by atoms with E-state index in [-0.39, 0.29) is 28.8 Å². The summed E-state index contributed by atoms with van der Waals surface area (Å²) < 4.78 is 20.4. The number of para-hydroxylation sites is 1. The van der Waals surface area contributed by atoms with Crippen LogP contribution >= 0.6 is 23.1 Å². The molecule has 0 aliphatic carbocycles. The van der Waals surface area contributed by atoms with Gasteiger partial charge in [0.2, 0.25) is 5.91 Å². The maximum Gasteiger partial charge on any atom is 0.325 e. The summed E-state index contributed by atoms with van der Waals surface area (Å²) in [6.45, 7) is 0.497. The molecule has 166 valence electrons. The van der Waals surface area contributed by atoms with Crippen LogP contribution in [0.5, 0.6) is 0 Å². The Hall–Kier alpha value is -2.98.